The molecule has 0 saturated heterocycles. The Balaban J connectivity index is 1.79. The van der Waals surface area contributed by atoms with E-state index in [-0.39, 0.29) is 23.0 Å². The molecule has 1 saturated carbocycles. The van der Waals surface area contributed by atoms with Crippen LogP contribution >= 0.6 is 0 Å². The lowest BCUT2D eigenvalue weighted by molar-refractivity contribution is -0.144. The van der Waals surface area contributed by atoms with Gasteiger partial charge < -0.3 is 4.74 Å². The fourth-order valence-electron chi connectivity index (χ4n) is 2.82. The first-order valence-electron chi connectivity index (χ1n) is 8.42. The molecular weight excluding hydrogens is 364 g/mol. The van der Waals surface area contributed by atoms with Crippen LogP contribution in [0.5, 0.6) is 11.8 Å². The van der Waals surface area contributed by atoms with Crippen LogP contribution in [0.15, 0.2) is 30.6 Å². The summed E-state index contributed by atoms with van der Waals surface area (Å²) in [4.78, 5) is 14.9. The van der Waals surface area contributed by atoms with Crippen molar-refractivity contribution in [3.63, 3.8) is 0 Å². The quantitative estimate of drug-likeness (QED) is 0.602. The average molecular weight is 378 g/mol. The van der Waals surface area contributed by atoms with Gasteiger partial charge in [-0.1, -0.05) is 18.9 Å². The number of nitrogens with zero attached hydrogens (tertiary/aromatic N) is 4. The van der Waals surface area contributed by atoms with E-state index in [0.717, 1.165) is 31.7 Å². The Bertz CT molecular complexity index is 971. The molecule has 1 aromatic carbocycles. The third-order valence-corrected chi connectivity index (χ3v) is 4.30. The summed E-state index contributed by atoms with van der Waals surface area (Å²) >= 11 is 0. The van der Waals surface area contributed by atoms with Gasteiger partial charge in [-0.05, 0) is 30.9 Å². The summed E-state index contributed by atoms with van der Waals surface area (Å²) in [6.07, 6.45) is 0.560. The number of hydrogen-bond donors (Lipinski definition) is 0. The van der Waals surface area contributed by atoms with Crippen LogP contribution in [0.25, 0.3) is 10.9 Å². The maximum absolute atomic E-state index is 13.2. The van der Waals surface area contributed by atoms with E-state index in [0.29, 0.717) is 17.7 Å². The lowest BCUT2D eigenvalue weighted by Crippen LogP contribution is -2.13. The molecule has 0 aliphatic heterocycles. The first-order valence-corrected chi connectivity index (χ1v) is 8.42. The van der Waals surface area contributed by atoms with E-state index in [1.54, 1.807) is 6.07 Å². The van der Waals surface area contributed by atoms with Crippen LogP contribution in [-0.2, 0) is 12.6 Å². The first kappa shape index (κ1) is 17.6. The molecule has 0 spiro atoms. The van der Waals surface area contributed by atoms with Gasteiger partial charge in [0.15, 0.2) is 5.82 Å². The molecule has 5 nitrogen and oxygen atoms in total. The summed E-state index contributed by atoms with van der Waals surface area (Å²) < 4.78 is 58.1. The van der Waals surface area contributed by atoms with Crippen LogP contribution in [0, 0.1) is 11.7 Å². The van der Waals surface area contributed by atoms with E-state index >= 15 is 0 Å². The summed E-state index contributed by atoms with van der Waals surface area (Å²) in [5.74, 6) is -1.03. The summed E-state index contributed by atoms with van der Waals surface area (Å²) in [7, 11) is 0. The minimum Gasteiger partial charge on any atom is -0.424 e. The molecule has 0 amide bonds. The number of alkyl halides is 3. The Morgan fingerprint density at radius 1 is 1.07 bits per heavy atom. The van der Waals surface area contributed by atoms with Crippen LogP contribution in [0.4, 0.5) is 17.6 Å². The van der Waals surface area contributed by atoms with Crippen LogP contribution in [0.3, 0.4) is 0 Å². The number of hydrogen-bond acceptors (Lipinski definition) is 5. The summed E-state index contributed by atoms with van der Waals surface area (Å²) in [5, 5.41) is 0.388. The van der Waals surface area contributed by atoms with Crippen molar-refractivity contribution < 1.29 is 22.3 Å². The number of aryl methyl sites for hydroxylation is 1. The van der Waals surface area contributed by atoms with Crippen molar-refractivity contribution in [2.75, 3.05) is 0 Å². The van der Waals surface area contributed by atoms with Crippen molar-refractivity contribution in [2.24, 2.45) is 5.92 Å². The lowest BCUT2D eigenvalue weighted by Gasteiger charge is -2.13. The molecule has 0 radical (unpaired) electrons. The third kappa shape index (κ3) is 3.96. The second-order valence-corrected chi connectivity index (χ2v) is 6.41. The van der Waals surface area contributed by atoms with Gasteiger partial charge in [0.05, 0.1) is 29.0 Å². The van der Waals surface area contributed by atoms with Crippen molar-refractivity contribution >= 4 is 10.9 Å². The van der Waals surface area contributed by atoms with Crippen LogP contribution in [-0.4, -0.2) is 19.9 Å². The fraction of sp³-hybridized carbons (Fsp3) is 0.333. The van der Waals surface area contributed by atoms with E-state index in [4.69, 9.17) is 4.74 Å². The van der Waals surface area contributed by atoms with E-state index < -0.39 is 17.8 Å². The minimum absolute atomic E-state index is 0.114. The van der Waals surface area contributed by atoms with Gasteiger partial charge in [-0.15, -0.1) is 0 Å². The van der Waals surface area contributed by atoms with Crippen LogP contribution in [0.1, 0.15) is 30.8 Å². The molecule has 4 rings (SSSR count). The second kappa shape index (κ2) is 6.71. The van der Waals surface area contributed by atoms with Crippen molar-refractivity contribution in [3.8, 4) is 11.8 Å². The van der Waals surface area contributed by atoms with E-state index in [1.807, 2.05) is 0 Å². The Labute approximate surface area is 151 Å². The zero-order valence-electron chi connectivity index (χ0n) is 14.0. The average Bonchev–Trinajstić information content (AvgIpc) is 3.45. The van der Waals surface area contributed by atoms with Gasteiger partial charge >= 0.3 is 12.2 Å². The predicted octanol–water partition coefficient (Wildman–Crippen LogP) is 4.71. The Morgan fingerprint density at radius 2 is 1.81 bits per heavy atom. The highest BCUT2D eigenvalue weighted by atomic mass is 19.4. The maximum Gasteiger partial charge on any atom is 0.451 e. The molecule has 0 N–H and O–H groups in total. The Morgan fingerprint density at radius 3 is 2.48 bits per heavy atom. The number of benzene rings is 1. The van der Waals surface area contributed by atoms with Gasteiger partial charge in [-0.25, -0.2) is 24.3 Å². The topological polar surface area (TPSA) is 60.8 Å². The highest BCUT2D eigenvalue weighted by molar-refractivity contribution is 5.87. The minimum atomic E-state index is -4.64. The third-order valence-electron chi connectivity index (χ3n) is 4.30. The molecule has 140 valence electrons. The highest BCUT2D eigenvalue weighted by Gasteiger charge is 2.36. The molecule has 0 bridgehead atoms. The predicted molar refractivity (Wildman–Crippen MR) is 87.6 cm³/mol. The molecule has 1 fully saturated rings. The van der Waals surface area contributed by atoms with E-state index in [2.05, 4.69) is 19.9 Å². The largest absolute Gasteiger partial charge is 0.451 e. The zero-order chi connectivity index (χ0) is 19.0. The number of ether oxygens (including phenoxy) is 1. The normalized spacial score (nSPS) is 14.5. The number of rotatable bonds is 5. The molecular formula is C18H14F4N4O. The summed E-state index contributed by atoms with van der Waals surface area (Å²) in [6, 6.07) is 4.47. The molecule has 3 aromatic rings. The lowest BCUT2D eigenvalue weighted by atomic mass is 10.1. The van der Waals surface area contributed by atoms with Gasteiger partial charge in [0.2, 0.25) is 5.82 Å². The SMILES string of the molecule is Fc1cnc(Oc2cccc3nc(C(F)(F)F)nc(CCC4CC4)c23)nc1. The molecule has 0 atom stereocenters. The molecule has 27 heavy (non-hydrogen) atoms. The monoisotopic (exact) mass is 378 g/mol. The zero-order valence-corrected chi connectivity index (χ0v) is 14.0. The molecule has 2 aromatic heterocycles. The van der Waals surface area contributed by atoms with Gasteiger partial charge in [0.1, 0.15) is 5.75 Å². The van der Waals surface area contributed by atoms with E-state index in [1.165, 1.54) is 12.1 Å². The van der Waals surface area contributed by atoms with Gasteiger partial charge in [0.25, 0.3) is 0 Å². The standard InChI is InChI=1S/C18H14F4N4O/c19-11-8-23-17(24-9-11)27-14-3-1-2-12-15(14)13(7-6-10-4-5-10)26-16(25-12)18(20,21)22/h1-3,8-10H,4-7H2. The van der Waals surface area contributed by atoms with Crippen LogP contribution < -0.4 is 4.74 Å². The van der Waals surface area contributed by atoms with Crippen molar-refractivity contribution in [1.29, 1.82) is 0 Å². The van der Waals surface area contributed by atoms with Crippen molar-refractivity contribution in [3.05, 3.63) is 47.9 Å². The van der Waals surface area contributed by atoms with Gasteiger partial charge in [-0.3, -0.25) is 0 Å². The van der Waals surface area contributed by atoms with Crippen molar-refractivity contribution in [2.45, 2.75) is 31.9 Å². The fourth-order valence-corrected chi connectivity index (χ4v) is 2.82. The van der Waals surface area contributed by atoms with Gasteiger partial charge in [-0.2, -0.15) is 13.2 Å². The number of aromatic nitrogens is 4. The first-order chi connectivity index (χ1) is 12.9. The smallest absolute Gasteiger partial charge is 0.424 e. The van der Waals surface area contributed by atoms with E-state index in [9.17, 15) is 17.6 Å². The van der Waals surface area contributed by atoms with Gasteiger partial charge in [0, 0.05) is 0 Å². The molecule has 0 unspecified atom stereocenters. The maximum atomic E-state index is 13.2. The van der Waals surface area contributed by atoms with Crippen molar-refractivity contribution in [1.82, 2.24) is 19.9 Å². The number of halogens is 4. The highest BCUT2D eigenvalue weighted by Crippen LogP contribution is 2.37. The molecule has 1 aliphatic carbocycles. The molecule has 2 heterocycles. The van der Waals surface area contributed by atoms with Crippen LogP contribution in [0.2, 0.25) is 0 Å². The summed E-state index contributed by atoms with van der Waals surface area (Å²) in [5.41, 5.74) is 0.402. The second-order valence-electron chi connectivity index (χ2n) is 6.41. The Kier molecular flexibility index (Phi) is 4.37. The Hall–Kier alpha value is -2.84. The summed E-state index contributed by atoms with van der Waals surface area (Å²) in [6.45, 7) is 0. The molecule has 1 aliphatic rings. The number of fused-ring (bicyclic) bond motifs is 1. The molecule has 9 heteroatoms.